The molecular weight excluding hydrogens is 291 g/mol. The van der Waals surface area contributed by atoms with Crippen LogP contribution in [0.4, 0.5) is 0 Å². The van der Waals surface area contributed by atoms with E-state index in [1.165, 1.54) is 11.3 Å². The van der Waals surface area contributed by atoms with Crippen molar-refractivity contribution in [2.24, 2.45) is 0 Å². The van der Waals surface area contributed by atoms with Gasteiger partial charge in [0.25, 0.3) is 5.91 Å². The number of rotatable bonds is 3. The minimum atomic E-state index is 0.0589. The van der Waals surface area contributed by atoms with Gasteiger partial charge in [0.2, 0.25) is 0 Å². The fraction of sp³-hybridized carbons (Fsp3) is 0.583. The summed E-state index contributed by atoms with van der Waals surface area (Å²) < 4.78 is 0. The molecule has 0 bridgehead atoms. The van der Waals surface area contributed by atoms with Crippen molar-refractivity contribution in [1.82, 2.24) is 9.80 Å². The Labute approximate surface area is 121 Å². The third-order valence-corrected chi connectivity index (χ3v) is 5.01. The number of alkyl halides is 1. The SMILES string of the molecule is Cc1csc(C(=O)N2CCN(CCCl)CC2)c1Cl. The summed E-state index contributed by atoms with van der Waals surface area (Å²) in [5.74, 6) is 0.702. The van der Waals surface area contributed by atoms with Crippen LogP contribution in [0.2, 0.25) is 5.02 Å². The second-order valence-electron chi connectivity index (χ2n) is 4.38. The fourth-order valence-electron chi connectivity index (χ4n) is 2.01. The molecule has 0 aromatic carbocycles. The minimum absolute atomic E-state index is 0.0589. The van der Waals surface area contributed by atoms with Gasteiger partial charge in [-0.25, -0.2) is 0 Å². The molecule has 1 aromatic rings. The number of carbonyl (C=O) groups is 1. The van der Waals surface area contributed by atoms with Gasteiger partial charge in [-0.3, -0.25) is 9.69 Å². The van der Waals surface area contributed by atoms with Gasteiger partial charge >= 0.3 is 0 Å². The number of nitrogens with zero attached hydrogens (tertiary/aromatic N) is 2. The zero-order valence-corrected chi connectivity index (χ0v) is 12.6. The zero-order chi connectivity index (χ0) is 13.1. The minimum Gasteiger partial charge on any atom is -0.335 e. The molecule has 1 aromatic heterocycles. The third kappa shape index (κ3) is 2.99. The Balaban J connectivity index is 1.97. The van der Waals surface area contributed by atoms with Crippen molar-refractivity contribution in [2.45, 2.75) is 6.92 Å². The van der Waals surface area contributed by atoms with Crippen LogP contribution in [0.15, 0.2) is 5.38 Å². The molecule has 100 valence electrons. The summed E-state index contributed by atoms with van der Waals surface area (Å²) in [5.41, 5.74) is 0.978. The number of hydrogen-bond acceptors (Lipinski definition) is 3. The molecule has 1 saturated heterocycles. The molecule has 0 saturated carbocycles. The number of carbonyl (C=O) groups excluding carboxylic acids is 1. The Morgan fingerprint density at radius 1 is 1.39 bits per heavy atom. The number of halogens is 2. The molecule has 18 heavy (non-hydrogen) atoms. The van der Waals surface area contributed by atoms with Gasteiger partial charge in [-0.05, 0) is 17.9 Å². The van der Waals surface area contributed by atoms with Crippen LogP contribution >= 0.6 is 34.5 Å². The summed E-state index contributed by atoms with van der Waals surface area (Å²) in [7, 11) is 0. The summed E-state index contributed by atoms with van der Waals surface area (Å²) in [6.45, 7) is 6.10. The van der Waals surface area contributed by atoms with Crippen LogP contribution in [-0.2, 0) is 0 Å². The second kappa shape index (κ2) is 6.24. The van der Waals surface area contributed by atoms with E-state index in [4.69, 9.17) is 23.2 Å². The average Bonchev–Trinajstić information content (AvgIpc) is 2.71. The van der Waals surface area contributed by atoms with Gasteiger partial charge in [0.1, 0.15) is 4.88 Å². The molecule has 1 aliphatic heterocycles. The maximum Gasteiger partial charge on any atom is 0.265 e. The van der Waals surface area contributed by atoms with E-state index in [0.29, 0.717) is 15.8 Å². The topological polar surface area (TPSA) is 23.6 Å². The standard InChI is InChI=1S/C12H16Cl2N2OS/c1-9-8-18-11(10(9)14)12(17)16-6-4-15(3-2-13)5-7-16/h8H,2-7H2,1H3. The van der Waals surface area contributed by atoms with Crippen LogP contribution < -0.4 is 0 Å². The largest absolute Gasteiger partial charge is 0.335 e. The molecule has 2 rings (SSSR count). The quantitative estimate of drug-likeness (QED) is 0.802. The van der Waals surface area contributed by atoms with Crippen molar-refractivity contribution in [1.29, 1.82) is 0 Å². The summed E-state index contributed by atoms with van der Waals surface area (Å²) in [5, 5.41) is 2.53. The number of piperazine rings is 1. The van der Waals surface area contributed by atoms with Gasteiger partial charge in [0.05, 0.1) is 5.02 Å². The Morgan fingerprint density at radius 2 is 2.06 bits per heavy atom. The van der Waals surface area contributed by atoms with Gasteiger partial charge in [-0.2, -0.15) is 0 Å². The fourth-order valence-corrected chi connectivity index (χ4v) is 3.49. The van der Waals surface area contributed by atoms with Gasteiger partial charge in [-0.15, -0.1) is 22.9 Å². The molecule has 0 N–H and O–H groups in total. The molecule has 1 amide bonds. The summed E-state index contributed by atoms with van der Waals surface area (Å²) in [6, 6.07) is 0. The van der Waals surface area contributed by atoms with Crippen molar-refractivity contribution in [2.75, 3.05) is 38.6 Å². The Hall–Kier alpha value is -0.290. The first-order chi connectivity index (χ1) is 8.63. The molecule has 0 unspecified atom stereocenters. The van der Waals surface area contributed by atoms with Gasteiger partial charge in [-0.1, -0.05) is 11.6 Å². The van der Waals surface area contributed by atoms with Gasteiger partial charge in [0, 0.05) is 38.6 Å². The number of hydrogen-bond donors (Lipinski definition) is 0. The molecule has 2 heterocycles. The first-order valence-electron chi connectivity index (χ1n) is 5.94. The Morgan fingerprint density at radius 3 is 2.56 bits per heavy atom. The van der Waals surface area contributed by atoms with Crippen LogP contribution in [0.1, 0.15) is 15.2 Å². The lowest BCUT2D eigenvalue weighted by Gasteiger charge is -2.34. The second-order valence-corrected chi connectivity index (χ2v) is 6.02. The van der Waals surface area contributed by atoms with E-state index in [0.717, 1.165) is 38.3 Å². The van der Waals surface area contributed by atoms with Gasteiger partial charge in [0.15, 0.2) is 0 Å². The highest BCUT2D eigenvalue weighted by molar-refractivity contribution is 7.13. The molecule has 1 fully saturated rings. The van der Waals surface area contributed by atoms with E-state index in [2.05, 4.69) is 4.90 Å². The third-order valence-electron chi connectivity index (χ3n) is 3.15. The smallest absolute Gasteiger partial charge is 0.265 e. The molecule has 1 aliphatic rings. The van der Waals surface area contributed by atoms with Crippen molar-refractivity contribution < 1.29 is 4.79 Å². The first-order valence-corrected chi connectivity index (χ1v) is 7.74. The van der Waals surface area contributed by atoms with Crippen LogP contribution in [-0.4, -0.2) is 54.3 Å². The average molecular weight is 307 g/mol. The molecule has 0 spiro atoms. The lowest BCUT2D eigenvalue weighted by molar-refractivity contribution is 0.0649. The number of thiophene rings is 1. The predicted molar refractivity (Wildman–Crippen MR) is 77.1 cm³/mol. The highest BCUT2D eigenvalue weighted by atomic mass is 35.5. The van der Waals surface area contributed by atoms with Crippen molar-refractivity contribution in [3.8, 4) is 0 Å². The van der Waals surface area contributed by atoms with Crippen LogP contribution in [0.25, 0.3) is 0 Å². The lowest BCUT2D eigenvalue weighted by atomic mass is 10.2. The van der Waals surface area contributed by atoms with E-state index >= 15 is 0 Å². The molecule has 3 nitrogen and oxygen atoms in total. The van der Waals surface area contributed by atoms with Crippen molar-refractivity contribution in [3.05, 3.63) is 20.8 Å². The van der Waals surface area contributed by atoms with Crippen molar-refractivity contribution in [3.63, 3.8) is 0 Å². The Bertz CT molecular complexity index is 428. The van der Waals surface area contributed by atoms with E-state index in [-0.39, 0.29) is 5.91 Å². The summed E-state index contributed by atoms with van der Waals surface area (Å²) in [6.07, 6.45) is 0. The number of aryl methyl sites for hydroxylation is 1. The van der Waals surface area contributed by atoms with E-state index in [9.17, 15) is 4.79 Å². The summed E-state index contributed by atoms with van der Waals surface area (Å²) in [4.78, 5) is 17.1. The van der Waals surface area contributed by atoms with E-state index in [1.807, 2.05) is 17.2 Å². The maximum atomic E-state index is 12.3. The highest BCUT2D eigenvalue weighted by Gasteiger charge is 2.24. The van der Waals surface area contributed by atoms with Crippen LogP contribution in [0.5, 0.6) is 0 Å². The molecule has 0 radical (unpaired) electrons. The van der Waals surface area contributed by atoms with Crippen LogP contribution in [0.3, 0.4) is 0 Å². The van der Waals surface area contributed by atoms with E-state index < -0.39 is 0 Å². The summed E-state index contributed by atoms with van der Waals surface area (Å²) >= 11 is 13.3. The normalized spacial score (nSPS) is 17.2. The maximum absolute atomic E-state index is 12.3. The molecule has 0 aliphatic carbocycles. The van der Waals surface area contributed by atoms with Crippen LogP contribution in [0, 0.1) is 6.92 Å². The molecule has 6 heteroatoms. The predicted octanol–water partition coefficient (Wildman–Crippen LogP) is 2.71. The molecule has 0 atom stereocenters. The highest BCUT2D eigenvalue weighted by Crippen LogP contribution is 2.28. The lowest BCUT2D eigenvalue weighted by Crippen LogP contribution is -2.49. The molecular formula is C12H16Cl2N2OS. The van der Waals surface area contributed by atoms with Crippen molar-refractivity contribution >= 4 is 40.4 Å². The zero-order valence-electron chi connectivity index (χ0n) is 10.3. The monoisotopic (exact) mass is 306 g/mol. The van der Waals surface area contributed by atoms with Gasteiger partial charge < -0.3 is 4.90 Å². The van der Waals surface area contributed by atoms with E-state index in [1.54, 1.807) is 0 Å². The first kappa shape index (κ1) is 14.1. The number of amides is 1. The Kier molecular flexibility index (Phi) is 4.90.